The third-order valence-electron chi connectivity index (χ3n) is 5.96. The van der Waals surface area contributed by atoms with Gasteiger partial charge in [0.1, 0.15) is 28.7 Å². The second-order valence-corrected chi connectivity index (χ2v) is 8.18. The monoisotopic (exact) mass is 427 g/mol. The second-order valence-electron chi connectivity index (χ2n) is 8.18. The molecule has 0 bridgehead atoms. The van der Waals surface area contributed by atoms with Crippen molar-refractivity contribution in [3.63, 3.8) is 0 Å². The summed E-state index contributed by atoms with van der Waals surface area (Å²) < 4.78 is 2.06. The van der Waals surface area contributed by atoms with E-state index in [2.05, 4.69) is 31.9 Å². The smallest absolute Gasteiger partial charge is 0.256 e. The third kappa shape index (κ3) is 3.80. The number of aromatic nitrogens is 4. The Morgan fingerprint density at radius 3 is 2.69 bits per heavy atom. The van der Waals surface area contributed by atoms with E-state index in [-0.39, 0.29) is 5.91 Å². The van der Waals surface area contributed by atoms with Crippen LogP contribution in [0.4, 0.5) is 11.6 Å². The van der Waals surface area contributed by atoms with Crippen molar-refractivity contribution in [1.82, 2.24) is 24.7 Å². The molecule has 4 N–H and O–H groups in total. The standard InChI is InChI=1S/C24H25N7O/c1-15-5-6-18(14-28-15)23-30-20(21-22(25)27-12-13-31(21)23)16-7-9-17(10-8-16)24(32)29-19-4-2-3-11-26-19/h2-4,7-13,15,18,28H,5-6,14H2,1H3,(H2,25,27)(H,26,29,32). The third-order valence-corrected chi connectivity index (χ3v) is 5.96. The van der Waals surface area contributed by atoms with E-state index in [1.807, 2.05) is 24.4 Å². The van der Waals surface area contributed by atoms with Gasteiger partial charge in [-0.1, -0.05) is 18.2 Å². The Kier molecular flexibility index (Phi) is 5.28. The number of anilines is 2. The van der Waals surface area contributed by atoms with E-state index in [0.717, 1.165) is 42.0 Å². The molecule has 1 aromatic carbocycles. The number of hydrogen-bond acceptors (Lipinski definition) is 6. The Hall–Kier alpha value is -3.78. The Bertz CT molecular complexity index is 1240. The lowest BCUT2D eigenvalue weighted by atomic mass is 9.95. The average Bonchev–Trinajstić information content (AvgIpc) is 3.21. The van der Waals surface area contributed by atoms with E-state index in [1.54, 1.807) is 36.7 Å². The first-order chi connectivity index (χ1) is 15.6. The first kappa shape index (κ1) is 20.1. The fourth-order valence-electron chi connectivity index (χ4n) is 4.20. The van der Waals surface area contributed by atoms with Crippen LogP contribution in [0.3, 0.4) is 0 Å². The lowest BCUT2D eigenvalue weighted by Crippen LogP contribution is -2.36. The molecule has 2 unspecified atom stereocenters. The van der Waals surface area contributed by atoms with Crippen LogP contribution in [0.25, 0.3) is 16.8 Å². The highest BCUT2D eigenvalue weighted by Crippen LogP contribution is 2.33. The number of amides is 1. The summed E-state index contributed by atoms with van der Waals surface area (Å²) in [7, 11) is 0. The molecule has 0 saturated carbocycles. The van der Waals surface area contributed by atoms with Gasteiger partial charge in [0.15, 0.2) is 0 Å². The van der Waals surface area contributed by atoms with E-state index < -0.39 is 0 Å². The summed E-state index contributed by atoms with van der Waals surface area (Å²) in [6.45, 7) is 3.09. The van der Waals surface area contributed by atoms with Crippen LogP contribution in [0.2, 0.25) is 0 Å². The highest BCUT2D eigenvalue weighted by Gasteiger charge is 2.26. The van der Waals surface area contributed by atoms with E-state index in [0.29, 0.717) is 29.2 Å². The molecule has 0 radical (unpaired) electrons. The molecule has 8 nitrogen and oxygen atoms in total. The van der Waals surface area contributed by atoms with Gasteiger partial charge in [-0.15, -0.1) is 0 Å². The minimum Gasteiger partial charge on any atom is -0.382 e. The Balaban J connectivity index is 1.47. The Morgan fingerprint density at radius 1 is 1.12 bits per heavy atom. The lowest BCUT2D eigenvalue weighted by molar-refractivity contribution is 0.102. The maximum Gasteiger partial charge on any atom is 0.256 e. The van der Waals surface area contributed by atoms with Gasteiger partial charge in [0.05, 0.1) is 0 Å². The van der Waals surface area contributed by atoms with Gasteiger partial charge in [-0.2, -0.15) is 0 Å². The van der Waals surface area contributed by atoms with Crippen molar-refractivity contribution in [2.24, 2.45) is 0 Å². The zero-order chi connectivity index (χ0) is 22.1. The summed E-state index contributed by atoms with van der Waals surface area (Å²) in [5.41, 5.74) is 9.27. The molecule has 5 rings (SSSR count). The van der Waals surface area contributed by atoms with Gasteiger partial charge in [-0.25, -0.2) is 15.0 Å². The number of nitrogens with one attached hydrogen (secondary N) is 2. The van der Waals surface area contributed by atoms with Gasteiger partial charge >= 0.3 is 0 Å². The fourth-order valence-corrected chi connectivity index (χ4v) is 4.20. The average molecular weight is 428 g/mol. The molecule has 1 fully saturated rings. The van der Waals surface area contributed by atoms with Crippen LogP contribution in [-0.4, -0.2) is 37.8 Å². The van der Waals surface area contributed by atoms with E-state index in [4.69, 9.17) is 10.7 Å². The maximum atomic E-state index is 12.6. The van der Waals surface area contributed by atoms with Gasteiger partial charge in [-0.05, 0) is 44.0 Å². The van der Waals surface area contributed by atoms with Crippen molar-refractivity contribution >= 4 is 23.1 Å². The highest BCUT2D eigenvalue weighted by atomic mass is 16.1. The molecule has 1 amide bonds. The summed E-state index contributed by atoms with van der Waals surface area (Å²) in [6, 6.07) is 13.3. The number of carbonyl (C=O) groups excluding carboxylic acids is 1. The molecule has 4 aromatic rings. The molecule has 162 valence electrons. The molecule has 2 atom stereocenters. The minimum absolute atomic E-state index is 0.214. The predicted molar refractivity (Wildman–Crippen MR) is 124 cm³/mol. The predicted octanol–water partition coefficient (Wildman–Crippen LogP) is 3.48. The summed E-state index contributed by atoms with van der Waals surface area (Å²) in [5.74, 6) is 2.03. The maximum absolute atomic E-state index is 12.6. The number of rotatable bonds is 4. The Morgan fingerprint density at radius 2 is 1.97 bits per heavy atom. The summed E-state index contributed by atoms with van der Waals surface area (Å²) >= 11 is 0. The van der Waals surface area contributed by atoms with Crippen molar-refractivity contribution in [3.8, 4) is 11.3 Å². The number of benzene rings is 1. The molecule has 0 spiro atoms. The minimum atomic E-state index is -0.214. The molecule has 0 aliphatic carbocycles. The van der Waals surface area contributed by atoms with Crippen LogP contribution < -0.4 is 16.4 Å². The number of nitrogen functional groups attached to an aromatic ring is 1. The van der Waals surface area contributed by atoms with Gasteiger partial charge in [0.25, 0.3) is 5.91 Å². The topological polar surface area (TPSA) is 110 Å². The van der Waals surface area contributed by atoms with Crippen molar-refractivity contribution in [3.05, 3.63) is 72.4 Å². The van der Waals surface area contributed by atoms with Crippen LogP contribution in [0, 0.1) is 0 Å². The van der Waals surface area contributed by atoms with Gasteiger partial charge < -0.3 is 16.4 Å². The SMILES string of the molecule is CC1CCC(c2nc(-c3ccc(C(=O)Nc4ccccn4)cc3)c3c(N)nccn23)CN1. The van der Waals surface area contributed by atoms with E-state index >= 15 is 0 Å². The van der Waals surface area contributed by atoms with Crippen molar-refractivity contribution in [1.29, 1.82) is 0 Å². The number of nitrogens with zero attached hydrogens (tertiary/aromatic N) is 4. The van der Waals surface area contributed by atoms with Crippen molar-refractivity contribution in [2.45, 2.75) is 31.7 Å². The molecule has 1 saturated heterocycles. The van der Waals surface area contributed by atoms with E-state index in [9.17, 15) is 4.79 Å². The number of nitrogens with two attached hydrogens (primary N) is 1. The quantitative estimate of drug-likeness (QED) is 0.460. The molecule has 32 heavy (non-hydrogen) atoms. The molecular formula is C24H25N7O. The first-order valence-corrected chi connectivity index (χ1v) is 10.8. The van der Waals surface area contributed by atoms with Crippen LogP contribution in [0.5, 0.6) is 0 Å². The molecule has 1 aliphatic rings. The van der Waals surface area contributed by atoms with Gasteiger partial charge in [-0.3, -0.25) is 9.20 Å². The number of piperidine rings is 1. The zero-order valence-corrected chi connectivity index (χ0v) is 17.8. The number of carbonyl (C=O) groups is 1. The summed E-state index contributed by atoms with van der Waals surface area (Å²) in [4.78, 5) is 26.0. The lowest BCUT2D eigenvalue weighted by Gasteiger charge is -2.26. The summed E-state index contributed by atoms with van der Waals surface area (Å²) in [5, 5.41) is 6.35. The Labute approximate surface area is 185 Å². The number of fused-ring (bicyclic) bond motifs is 1. The zero-order valence-electron chi connectivity index (χ0n) is 17.8. The molecule has 3 aromatic heterocycles. The molecule has 4 heterocycles. The van der Waals surface area contributed by atoms with Crippen LogP contribution in [0.15, 0.2) is 61.1 Å². The number of pyridine rings is 1. The largest absolute Gasteiger partial charge is 0.382 e. The van der Waals surface area contributed by atoms with Crippen LogP contribution in [0.1, 0.15) is 41.9 Å². The normalized spacial score (nSPS) is 18.5. The van der Waals surface area contributed by atoms with Gasteiger partial charge in [0, 0.05) is 48.2 Å². The molecule has 8 heteroatoms. The molecular weight excluding hydrogens is 402 g/mol. The van der Waals surface area contributed by atoms with Crippen LogP contribution in [-0.2, 0) is 0 Å². The summed E-state index contributed by atoms with van der Waals surface area (Å²) in [6.07, 6.45) is 7.45. The first-order valence-electron chi connectivity index (χ1n) is 10.8. The highest BCUT2D eigenvalue weighted by molar-refractivity contribution is 6.04. The number of hydrogen-bond donors (Lipinski definition) is 3. The van der Waals surface area contributed by atoms with Crippen molar-refractivity contribution < 1.29 is 4.79 Å². The van der Waals surface area contributed by atoms with Crippen LogP contribution >= 0.6 is 0 Å². The second kappa shape index (κ2) is 8.39. The molecule has 1 aliphatic heterocycles. The fraction of sp³-hybridized carbons (Fsp3) is 0.250. The number of imidazole rings is 1. The van der Waals surface area contributed by atoms with E-state index in [1.165, 1.54) is 0 Å². The van der Waals surface area contributed by atoms with Gasteiger partial charge in [0.2, 0.25) is 0 Å². The van der Waals surface area contributed by atoms with Crippen molar-refractivity contribution in [2.75, 3.05) is 17.6 Å².